The van der Waals surface area contributed by atoms with E-state index in [0.29, 0.717) is 26.1 Å². The number of nitrogens with one attached hydrogen (secondary N) is 1. The Morgan fingerprint density at radius 1 is 0.900 bits per heavy atom. The van der Waals surface area contributed by atoms with Crippen LogP contribution in [0.25, 0.3) is 0 Å². The molecule has 2 aromatic rings. The van der Waals surface area contributed by atoms with Gasteiger partial charge >= 0.3 is 12.4 Å². The standard InChI is InChI=1S/C18H18F6N6/c19-17(20,21)12-2-1-3-14(26-12)29-9-7-11-4-5-15(30(11)10-29)28-16-25-8-6-13(27-16)18(22,23)24/h1-3,6,8,11,15H,4-5,7,9-10H2,(H,25,27,28)/t11-,15-/m0/s1. The molecule has 2 saturated heterocycles. The van der Waals surface area contributed by atoms with Gasteiger partial charge in [-0.2, -0.15) is 26.3 Å². The van der Waals surface area contributed by atoms with Crippen molar-refractivity contribution in [2.24, 2.45) is 0 Å². The molecule has 2 atom stereocenters. The van der Waals surface area contributed by atoms with Gasteiger partial charge in [0, 0.05) is 18.8 Å². The predicted molar refractivity (Wildman–Crippen MR) is 95.4 cm³/mol. The van der Waals surface area contributed by atoms with Crippen LogP contribution in [0.3, 0.4) is 0 Å². The Morgan fingerprint density at radius 2 is 1.63 bits per heavy atom. The van der Waals surface area contributed by atoms with Crippen molar-refractivity contribution in [3.8, 4) is 0 Å². The first-order chi connectivity index (χ1) is 14.1. The molecule has 0 spiro atoms. The highest BCUT2D eigenvalue weighted by Crippen LogP contribution is 2.34. The van der Waals surface area contributed by atoms with Gasteiger partial charge in [-0.1, -0.05) is 6.07 Å². The van der Waals surface area contributed by atoms with Gasteiger partial charge in [0.25, 0.3) is 0 Å². The minimum Gasteiger partial charge on any atom is -0.343 e. The summed E-state index contributed by atoms with van der Waals surface area (Å²) in [5.74, 6) is 0.0778. The second-order valence-electron chi connectivity index (χ2n) is 7.24. The molecular formula is C18H18F6N6. The first-order valence-corrected chi connectivity index (χ1v) is 9.33. The molecule has 30 heavy (non-hydrogen) atoms. The molecule has 12 heteroatoms. The van der Waals surface area contributed by atoms with Gasteiger partial charge in [-0.25, -0.2) is 15.0 Å². The Kier molecular flexibility index (Phi) is 5.20. The zero-order valence-electron chi connectivity index (χ0n) is 15.6. The summed E-state index contributed by atoms with van der Waals surface area (Å²) >= 11 is 0. The molecule has 4 heterocycles. The van der Waals surface area contributed by atoms with Crippen molar-refractivity contribution in [2.45, 2.75) is 43.8 Å². The van der Waals surface area contributed by atoms with E-state index in [4.69, 9.17) is 0 Å². The lowest BCUT2D eigenvalue weighted by Gasteiger charge is -2.41. The number of nitrogens with zero attached hydrogens (tertiary/aromatic N) is 5. The average molecular weight is 432 g/mol. The lowest BCUT2D eigenvalue weighted by atomic mass is 10.1. The van der Waals surface area contributed by atoms with Gasteiger partial charge < -0.3 is 10.2 Å². The van der Waals surface area contributed by atoms with Crippen molar-refractivity contribution in [2.75, 3.05) is 23.4 Å². The van der Waals surface area contributed by atoms with Crippen molar-refractivity contribution in [1.29, 1.82) is 0 Å². The van der Waals surface area contributed by atoms with Gasteiger partial charge in [0.05, 0.1) is 12.8 Å². The van der Waals surface area contributed by atoms with Crippen molar-refractivity contribution < 1.29 is 26.3 Å². The van der Waals surface area contributed by atoms with Crippen LogP contribution < -0.4 is 10.2 Å². The fourth-order valence-electron chi connectivity index (χ4n) is 3.87. The Labute approximate surface area is 167 Å². The molecule has 2 aromatic heterocycles. The van der Waals surface area contributed by atoms with Crippen LogP contribution in [0, 0.1) is 0 Å². The molecule has 0 radical (unpaired) electrons. The number of aromatic nitrogens is 3. The summed E-state index contributed by atoms with van der Waals surface area (Å²) < 4.78 is 77.6. The topological polar surface area (TPSA) is 57.2 Å². The lowest BCUT2D eigenvalue weighted by Crippen LogP contribution is -2.52. The first-order valence-electron chi connectivity index (χ1n) is 9.33. The Bertz CT molecular complexity index is 901. The average Bonchev–Trinajstić information content (AvgIpc) is 3.09. The molecule has 0 saturated carbocycles. The van der Waals surface area contributed by atoms with Crippen LogP contribution in [-0.2, 0) is 12.4 Å². The lowest BCUT2D eigenvalue weighted by molar-refractivity contribution is -0.141. The van der Waals surface area contributed by atoms with E-state index in [1.165, 1.54) is 12.1 Å². The molecule has 4 rings (SSSR count). The summed E-state index contributed by atoms with van der Waals surface area (Å²) in [6.45, 7) is 0.845. The molecule has 2 aliphatic rings. The summed E-state index contributed by atoms with van der Waals surface area (Å²) in [5.41, 5.74) is -2.00. The SMILES string of the molecule is FC(F)(F)c1cccc(N2CC[C@@H]3CC[C@@H](Nc4nccc(C(F)(F)F)n4)N3C2)n1. The first kappa shape index (κ1) is 20.6. The third-order valence-corrected chi connectivity index (χ3v) is 5.30. The van der Waals surface area contributed by atoms with E-state index in [1.54, 1.807) is 4.90 Å². The monoisotopic (exact) mass is 432 g/mol. The largest absolute Gasteiger partial charge is 0.433 e. The van der Waals surface area contributed by atoms with Crippen molar-refractivity contribution in [3.63, 3.8) is 0 Å². The van der Waals surface area contributed by atoms with E-state index in [9.17, 15) is 26.3 Å². The molecule has 2 aliphatic heterocycles. The number of fused-ring (bicyclic) bond motifs is 1. The van der Waals surface area contributed by atoms with Gasteiger partial charge in [0.2, 0.25) is 5.95 Å². The fraction of sp³-hybridized carbons (Fsp3) is 0.500. The molecular weight excluding hydrogens is 414 g/mol. The number of rotatable bonds is 3. The second kappa shape index (κ2) is 7.56. The van der Waals surface area contributed by atoms with Gasteiger partial charge in [0.1, 0.15) is 17.2 Å². The molecule has 0 unspecified atom stereocenters. The number of alkyl halides is 6. The number of hydrogen-bond donors (Lipinski definition) is 1. The van der Waals surface area contributed by atoms with Crippen molar-refractivity contribution in [3.05, 3.63) is 41.9 Å². The Balaban J connectivity index is 1.49. The van der Waals surface area contributed by atoms with E-state index >= 15 is 0 Å². The van der Waals surface area contributed by atoms with Crippen molar-refractivity contribution >= 4 is 11.8 Å². The quantitative estimate of drug-likeness (QED) is 0.741. The van der Waals surface area contributed by atoms with E-state index in [-0.39, 0.29) is 24.0 Å². The van der Waals surface area contributed by atoms with Crippen LogP contribution >= 0.6 is 0 Å². The number of pyridine rings is 1. The summed E-state index contributed by atoms with van der Waals surface area (Å²) in [6.07, 6.45) is -6.21. The summed E-state index contributed by atoms with van der Waals surface area (Å²) in [6, 6.07) is 4.72. The number of hydrogen-bond acceptors (Lipinski definition) is 6. The highest BCUT2D eigenvalue weighted by molar-refractivity contribution is 5.40. The van der Waals surface area contributed by atoms with Crippen LogP contribution in [-0.4, -0.2) is 45.3 Å². The summed E-state index contributed by atoms with van der Waals surface area (Å²) in [5, 5.41) is 2.94. The molecule has 1 N–H and O–H groups in total. The maximum Gasteiger partial charge on any atom is 0.433 e. The minimum absolute atomic E-state index is 0.134. The molecule has 6 nitrogen and oxygen atoms in total. The number of halogens is 6. The van der Waals surface area contributed by atoms with Gasteiger partial charge in [0.15, 0.2) is 0 Å². The summed E-state index contributed by atoms with van der Waals surface area (Å²) in [7, 11) is 0. The van der Waals surface area contributed by atoms with E-state index in [1.807, 2.05) is 4.90 Å². The third-order valence-electron chi connectivity index (χ3n) is 5.30. The molecule has 0 amide bonds. The van der Waals surface area contributed by atoms with Crippen molar-refractivity contribution in [1.82, 2.24) is 19.9 Å². The van der Waals surface area contributed by atoms with Gasteiger partial charge in [-0.05, 0) is 37.5 Å². The molecule has 162 valence electrons. The fourth-order valence-corrected chi connectivity index (χ4v) is 3.87. The normalized spacial score (nSPS) is 22.8. The van der Waals surface area contributed by atoms with E-state index < -0.39 is 23.7 Å². The number of anilines is 2. The highest BCUT2D eigenvalue weighted by Gasteiger charge is 2.39. The van der Waals surface area contributed by atoms with Crippen LogP contribution in [0.5, 0.6) is 0 Å². The predicted octanol–water partition coefficient (Wildman–Crippen LogP) is 3.98. The smallest absolute Gasteiger partial charge is 0.343 e. The van der Waals surface area contributed by atoms with E-state index in [2.05, 4.69) is 20.3 Å². The maximum absolute atomic E-state index is 13.0. The van der Waals surface area contributed by atoms with Gasteiger partial charge in [-0.15, -0.1) is 0 Å². The molecule has 2 fully saturated rings. The van der Waals surface area contributed by atoms with E-state index in [0.717, 1.165) is 24.8 Å². The molecule has 0 aromatic carbocycles. The Hall–Kier alpha value is -2.63. The van der Waals surface area contributed by atoms with Crippen LogP contribution in [0.15, 0.2) is 30.5 Å². The molecule has 0 bridgehead atoms. The zero-order valence-corrected chi connectivity index (χ0v) is 15.6. The molecule has 0 aliphatic carbocycles. The maximum atomic E-state index is 13.0. The van der Waals surface area contributed by atoms with Gasteiger partial charge in [-0.3, -0.25) is 4.90 Å². The van der Waals surface area contributed by atoms with Crippen LogP contribution in [0.1, 0.15) is 30.7 Å². The van der Waals surface area contributed by atoms with Crippen LogP contribution in [0.4, 0.5) is 38.1 Å². The highest BCUT2D eigenvalue weighted by atomic mass is 19.4. The second-order valence-corrected chi connectivity index (χ2v) is 7.24. The van der Waals surface area contributed by atoms with Crippen LogP contribution in [0.2, 0.25) is 0 Å². The minimum atomic E-state index is -4.57. The third kappa shape index (κ3) is 4.27. The summed E-state index contributed by atoms with van der Waals surface area (Å²) in [4.78, 5) is 14.9. The Morgan fingerprint density at radius 3 is 2.37 bits per heavy atom. The zero-order chi connectivity index (χ0) is 21.5.